The molecule has 1 saturated heterocycles. The molecule has 0 aliphatic carbocycles. The van der Waals surface area contributed by atoms with E-state index in [1.165, 1.54) is 0 Å². The van der Waals surface area contributed by atoms with Gasteiger partial charge in [-0.2, -0.15) is 0 Å². The first-order chi connectivity index (χ1) is 12.0. The van der Waals surface area contributed by atoms with Gasteiger partial charge in [-0.3, -0.25) is 0 Å². The lowest BCUT2D eigenvalue weighted by Crippen LogP contribution is -2.26. The van der Waals surface area contributed by atoms with Crippen molar-refractivity contribution in [2.45, 2.75) is 27.2 Å². The summed E-state index contributed by atoms with van der Waals surface area (Å²) in [4.78, 5) is 33.1. The van der Waals surface area contributed by atoms with Crippen LogP contribution in [0.2, 0.25) is 0 Å². The molecule has 0 atom stereocenters. The third kappa shape index (κ3) is 3.53. The van der Waals surface area contributed by atoms with Crippen molar-refractivity contribution in [1.82, 2.24) is 14.9 Å². The van der Waals surface area contributed by atoms with Crippen molar-refractivity contribution in [2.75, 3.05) is 26.3 Å². The fraction of sp³-hybridized carbons (Fsp3) is 0.471. The monoisotopic (exact) mass is 363 g/mol. The molecule has 0 radical (unpaired) electrons. The Balaban J connectivity index is 1.75. The summed E-state index contributed by atoms with van der Waals surface area (Å²) in [5.74, 6) is -0.317. The topological polar surface area (TPSA) is 84.5 Å². The van der Waals surface area contributed by atoms with E-state index >= 15 is 0 Å². The lowest BCUT2D eigenvalue weighted by atomic mass is 10.1. The van der Waals surface area contributed by atoms with Gasteiger partial charge in [0, 0.05) is 24.0 Å². The Morgan fingerprint density at radius 3 is 2.96 bits per heavy atom. The molecule has 134 valence electrons. The quantitative estimate of drug-likeness (QED) is 0.798. The van der Waals surface area contributed by atoms with E-state index in [0.29, 0.717) is 38.3 Å². The molecule has 0 saturated carbocycles. The Bertz CT molecular complexity index is 796. The normalized spacial score (nSPS) is 14.0. The zero-order valence-electron chi connectivity index (χ0n) is 14.5. The van der Waals surface area contributed by atoms with E-state index in [9.17, 15) is 9.59 Å². The van der Waals surface area contributed by atoms with E-state index < -0.39 is 0 Å². The first kappa shape index (κ1) is 17.5. The zero-order chi connectivity index (χ0) is 18.0. The highest BCUT2D eigenvalue weighted by atomic mass is 32.1. The molecule has 1 amide bonds. The number of aromatic amines is 1. The van der Waals surface area contributed by atoms with Crippen molar-refractivity contribution in [3.05, 3.63) is 27.2 Å². The summed E-state index contributed by atoms with van der Waals surface area (Å²) < 4.78 is 10.0. The van der Waals surface area contributed by atoms with Crippen LogP contribution in [0.5, 0.6) is 0 Å². The molecule has 0 spiro atoms. The van der Waals surface area contributed by atoms with Gasteiger partial charge < -0.3 is 19.4 Å². The number of rotatable bonds is 6. The molecule has 1 N–H and O–H groups in total. The Morgan fingerprint density at radius 1 is 1.48 bits per heavy atom. The summed E-state index contributed by atoms with van der Waals surface area (Å²) >= 11 is 1.55. The lowest BCUT2D eigenvalue weighted by Gasteiger charge is -2.10. The molecule has 0 aromatic carbocycles. The van der Waals surface area contributed by atoms with Crippen molar-refractivity contribution in [3.63, 3.8) is 0 Å². The number of nitrogens with one attached hydrogen (secondary N) is 1. The fourth-order valence-electron chi connectivity index (χ4n) is 2.92. The second-order valence-electron chi connectivity index (χ2n) is 5.82. The van der Waals surface area contributed by atoms with Crippen LogP contribution in [0.3, 0.4) is 0 Å². The Kier molecular flexibility index (Phi) is 5.08. The molecule has 2 aromatic rings. The highest BCUT2D eigenvalue weighted by Crippen LogP contribution is 2.29. The van der Waals surface area contributed by atoms with Crippen molar-refractivity contribution >= 4 is 23.4 Å². The van der Waals surface area contributed by atoms with Crippen LogP contribution in [0, 0.1) is 13.8 Å². The number of esters is 1. The van der Waals surface area contributed by atoms with Crippen LogP contribution in [-0.2, 0) is 15.9 Å². The second-order valence-corrected chi connectivity index (χ2v) is 6.77. The maximum Gasteiger partial charge on any atom is 0.409 e. The maximum atomic E-state index is 12.1. The summed E-state index contributed by atoms with van der Waals surface area (Å²) in [5.41, 5.74) is 3.84. The molecule has 25 heavy (non-hydrogen) atoms. The first-order valence-corrected chi connectivity index (χ1v) is 9.12. The summed E-state index contributed by atoms with van der Waals surface area (Å²) in [7, 11) is 0. The minimum atomic E-state index is -0.317. The number of nitrogens with zero attached hydrogens (tertiary/aromatic N) is 2. The molecule has 0 bridgehead atoms. The van der Waals surface area contributed by atoms with Gasteiger partial charge in [0.2, 0.25) is 0 Å². The molecular formula is C17H21N3O4S. The van der Waals surface area contributed by atoms with Gasteiger partial charge in [-0.15, -0.1) is 11.3 Å². The van der Waals surface area contributed by atoms with Gasteiger partial charge in [0.05, 0.1) is 35.1 Å². The Morgan fingerprint density at radius 2 is 2.28 bits per heavy atom. The zero-order valence-corrected chi connectivity index (χ0v) is 15.4. The van der Waals surface area contributed by atoms with E-state index in [4.69, 9.17) is 9.47 Å². The number of hydrogen-bond donors (Lipinski definition) is 1. The van der Waals surface area contributed by atoms with E-state index in [1.54, 1.807) is 23.2 Å². The predicted molar refractivity (Wildman–Crippen MR) is 94.0 cm³/mol. The summed E-state index contributed by atoms with van der Waals surface area (Å²) in [6.07, 6.45) is 0.426. The Labute approximate surface area is 150 Å². The average molecular weight is 363 g/mol. The van der Waals surface area contributed by atoms with Crippen LogP contribution < -0.4 is 0 Å². The number of carbonyl (C=O) groups is 2. The third-order valence-electron chi connectivity index (χ3n) is 4.17. The number of carbonyl (C=O) groups excluding carboxylic acids is 2. The number of aromatic nitrogens is 2. The Hall–Kier alpha value is -2.35. The molecule has 1 fully saturated rings. The van der Waals surface area contributed by atoms with Crippen molar-refractivity contribution in [1.29, 1.82) is 0 Å². The van der Waals surface area contributed by atoms with Crippen molar-refractivity contribution < 1.29 is 19.1 Å². The molecule has 2 aromatic heterocycles. The van der Waals surface area contributed by atoms with Crippen LogP contribution >= 0.6 is 11.3 Å². The number of thiazole rings is 1. The molecular weight excluding hydrogens is 342 g/mol. The molecule has 1 aliphatic heterocycles. The lowest BCUT2D eigenvalue weighted by molar-refractivity contribution is 0.0525. The molecule has 8 heteroatoms. The third-order valence-corrected chi connectivity index (χ3v) is 5.07. The molecule has 7 nitrogen and oxygen atoms in total. The van der Waals surface area contributed by atoms with Gasteiger partial charge in [0.15, 0.2) is 0 Å². The van der Waals surface area contributed by atoms with Crippen LogP contribution in [0.4, 0.5) is 4.79 Å². The van der Waals surface area contributed by atoms with Gasteiger partial charge in [-0.05, 0) is 26.3 Å². The average Bonchev–Trinajstić information content (AvgIpc) is 3.25. The van der Waals surface area contributed by atoms with E-state index in [-0.39, 0.29) is 12.1 Å². The second kappa shape index (κ2) is 7.26. The van der Waals surface area contributed by atoms with E-state index in [0.717, 1.165) is 27.7 Å². The summed E-state index contributed by atoms with van der Waals surface area (Å²) in [5, 5.41) is 2.91. The summed E-state index contributed by atoms with van der Waals surface area (Å²) in [6, 6.07) is 0. The maximum absolute atomic E-state index is 12.1. The molecule has 3 heterocycles. The number of H-pyrrole nitrogens is 1. The first-order valence-electron chi connectivity index (χ1n) is 8.24. The van der Waals surface area contributed by atoms with Gasteiger partial charge in [0.25, 0.3) is 0 Å². The smallest absolute Gasteiger partial charge is 0.409 e. The number of hydrogen-bond acceptors (Lipinski definition) is 6. The SMILES string of the molecule is CCOC(=O)c1c(C)[nH]c(-c2csc(CCN3CCOC3=O)n2)c1C. The molecule has 0 unspecified atom stereocenters. The van der Waals surface area contributed by atoms with Gasteiger partial charge in [-0.25, -0.2) is 14.6 Å². The molecule has 3 rings (SSSR count). The van der Waals surface area contributed by atoms with Crippen LogP contribution in [0.25, 0.3) is 11.4 Å². The highest BCUT2D eigenvalue weighted by molar-refractivity contribution is 7.09. The van der Waals surface area contributed by atoms with Gasteiger partial charge >= 0.3 is 12.1 Å². The summed E-state index contributed by atoms with van der Waals surface area (Å²) in [6.45, 7) is 7.58. The standard InChI is InChI=1S/C17H21N3O4S/c1-4-23-16(21)14-10(2)15(18-11(14)3)12-9-25-13(19-12)5-6-20-7-8-24-17(20)22/h9,18H,4-8H2,1-3H3. The van der Waals surface area contributed by atoms with Crippen LogP contribution in [0.1, 0.15) is 33.5 Å². The van der Waals surface area contributed by atoms with E-state index in [2.05, 4.69) is 9.97 Å². The van der Waals surface area contributed by atoms with E-state index in [1.807, 2.05) is 19.2 Å². The minimum absolute atomic E-state index is 0.258. The number of amides is 1. The van der Waals surface area contributed by atoms with Crippen LogP contribution in [-0.4, -0.2) is 53.2 Å². The number of aryl methyl sites for hydroxylation is 1. The van der Waals surface area contributed by atoms with Gasteiger partial charge in [0.1, 0.15) is 6.61 Å². The largest absolute Gasteiger partial charge is 0.462 e. The van der Waals surface area contributed by atoms with Crippen molar-refractivity contribution in [3.8, 4) is 11.4 Å². The van der Waals surface area contributed by atoms with Crippen LogP contribution in [0.15, 0.2) is 5.38 Å². The highest BCUT2D eigenvalue weighted by Gasteiger charge is 2.23. The number of cyclic esters (lactones) is 1. The predicted octanol–water partition coefficient (Wildman–Crippen LogP) is 2.93. The van der Waals surface area contributed by atoms with Crippen molar-refractivity contribution in [2.24, 2.45) is 0 Å². The minimum Gasteiger partial charge on any atom is -0.462 e. The van der Waals surface area contributed by atoms with Gasteiger partial charge in [-0.1, -0.05) is 0 Å². The molecule has 1 aliphatic rings. The fourth-order valence-corrected chi connectivity index (χ4v) is 3.69. The number of ether oxygens (including phenoxy) is 2.